The van der Waals surface area contributed by atoms with Gasteiger partial charge < -0.3 is 10.5 Å². The van der Waals surface area contributed by atoms with E-state index in [9.17, 15) is 4.79 Å². The van der Waals surface area contributed by atoms with Gasteiger partial charge in [0.05, 0.1) is 13.7 Å². The molecular formula is C13H17N3O2. The summed E-state index contributed by atoms with van der Waals surface area (Å²) in [6.07, 6.45) is 3.56. The van der Waals surface area contributed by atoms with Crippen LogP contribution in [0.5, 0.6) is 5.75 Å². The average molecular weight is 247 g/mol. The van der Waals surface area contributed by atoms with E-state index in [1.165, 1.54) is 0 Å². The SMILES string of the molecule is CCn1ccn(Cc2cc(N)cc(OC)c2)c1=O. The number of rotatable bonds is 4. The van der Waals surface area contributed by atoms with Gasteiger partial charge in [-0.2, -0.15) is 0 Å². The van der Waals surface area contributed by atoms with Gasteiger partial charge in [-0.15, -0.1) is 0 Å². The fraction of sp³-hybridized carbons (Fsp3) is 0.308. The highest BCUT2D eigenvalue weighted by Crippen LogP contribution is 2.18. The number of ether oxygens (including phenoxy) is 1. The van der Waals surface area contributed by atoms with E-state index in [0.717, 1.165) is 5.56 Å². The molecule has 0 fully saturated rings. The Morgan fingerprint density at radius 3 is 2.56 bits per heavy atom. The Balaban J connectivity index is 2.30. The minimum absolute atomic E-state index is 0.0149. The number of anilines is 1. The molecule has 0 spiro atoms. The van der Waals surface area contributed by atoms with E-state index >= 15 is 0 Å². The van der Waals surface area contributed by atoms with Crippen molar-refractivity contribution in [1.29, 1.82) is 0 Å². The third-order valence-electron chi connectivity index (χ3n) is 2.84. The summed E-state index contributed by atoms with van der Waals surface area (Å²) < 4.78 is 8.46. The summed E-state index contributed by atoms with van der Waals surface area (Å²) in [6.45, 7) is 3.11. The molecule has 5 heteroatoms. The van der Waals surface area contributed by atoms with Crippen molar-refractivity contribution in [2.24, 2.45) is 0 Å². The van der Waals surface area contributed by atoms with E-state index in [-0.39, 0.29) is 5.69 Å². The van der Waals surface area contributed by atoms with Gasteiger partial charge in [-0.25, -0.2) is 4.79 Å². The topological polar surface area (TPSA) is 62.2 Å². The predicted octanol–water partition coefficient (Wildman–Crippen LogP) is 1.31. The second kappa shape index (κ2) is 5.00. The van der Waals surface area contributed by atoms with Crippen molar-refractivity contribution in [3.8, 4) is 5.75 Å². The number of hydrogen-bond donors (Lipinski definition) is 1. The van der Waals surface area contributed by atoms with Crippen molar-refractivity contribution in [1.82, 2.24) is 9.13 Å². The number of aryl methyl sites for hydroxylation is 1. The highest BCUT2D eigenvalue weighted by Gasteiger charge is 2.04. The van der Waals surface area contributed by atoms with Crippen LogP contribution in [0, 0.1) is 0 Å². The number of methoxy groups -OCH3 is 1. The molecule has 0 saturated heterocycles. The van der Waals surface area contributed by atoms with Crippen LogP contribution in [0.15, 0.2) is 35.4 Å². The molecule has 2 rings (SSSR count). The molecule has 0 aliphatic rings. The van der Waals surface area contributed by atoms with E-state index in [4.69, 9.17) is 10.5 Å². The molecule has 18 heavy (non-hydrogen) atoms. The van der Waals surface area contributed by atoms with Gasteiger partial charge in [-0.1, -0.05) is 0 Å². The van der Waals surface area contributed by atoms with Gasteiger partial charge in [0.2, 0.25) is 0 Å². The Bertz CT molecular complexity index is 599. The number of aromatic nitrogens is 2. The largest absolute Gasteiger partial charge is 0.497 e. The molecule has 0 amide bonds. The molecule has 0 radical (unpaired) electrons. The maximum atomic E-state index is 11.9. The monoisotopic (exact) mass is 247 g/mol. The first-order valence-electron chi connectivity index (χ1n) is 5.83. The van der Waals surface area contributed by atoms with Crippen LogP contribution in [0.25, 0.3) is 0 Å². The third-order valence-corrected chi connectivity index (χ3v) is 2.84. The van der Waals surface area contributed by atoms with Crippen LogP contribution in [-0.2, 0) is 13.1 Å². The van der Waals surface area contributed by atoms with Crippen LogP contribution >= 0.6 is 0 Å². The molecule has 0 aliphatic carbocycles. The molecule has 0 saturated carbocycles. The van der Waals surface area contributed by atoms with Crippen LogP contribution in [0.3, 0.4) is 0 Å². The molecule has 2 N–H and O–H groups in total. The lowest BCUT2D eigenvalue weighted by molar-refractivity contribution is 0.414. The highest BCUT2D eigenvalue weighted by molar-refractivity contribution is 5.47. The lowest BCUT2D eigenvalue weighted by Crippen LogP contribution is -2.23. The lowest BCUT2D eigenvalue weighted by atomic mass is 10.2. The van der Waals surface area contributed by atoms with Crippen molar-refractivity contribution in [3.63, 3.8) is 0 Å². The molecule has 1 aromatic heterocycles. The van der Waals surface area contributed by atoms with Gasteiger partial charge in [-0.05, 0) is 24.6 Å². The maximum absolute atomic E-state index is 11.9. The number of nitrogen functional groups attached to an aromatic ring is 1. The summed E-state index contributed by atoms with van der Waals surface area (Å²) in [5.41, 5.74) is 7.35. The number of nitrogens with zero attached hydrogens (tertiary/aromatic N) is 2. The Morgan fingerprint density at radius 2 is 1.94 bits per heavy atom. The summed E-state index contributed by atoms with van der Waals surface area (Å²) >= 11 is 0. The van der Waals surface area contributed by atoms with Gasteiger partial charge >= 0.3 is 5.69 Å². The lowest BCUT2D eigenvalue weighted by Gasteiger charge is -2.07. The minimum atomic E-state index is -0.0149. The molecule has 0 aliphatic heterocycles. The zero-order valence-corrected chi connectivity index (χ0v) is 10.6. The standard InChI is InChI=1S/C13H17N3O2/c1-3-15-4-5-16(13(15)17)9-10-6-11(14)8-12(7-10)18-2/h4-8H,3,9,14H2,1-2H3. The molecule has 1 aromatic carbocycles. The number of imidazole rings is 1. The molecule has 0 atom stereocenters. The Kier molecular flexibility index (Phi) is 3.41. The minimum Gasteiger partial charge on any atom is -0.497 e. The predicted molar refractivity (Wildman–Crippen MR) is 70.9 cm³/mol. The third kappa shape index (κ3) is 2.40. The maximum Gasteiger partial charge on any atom is 0.328 e. The molecule has 96 valence electrons. The smallest absolute Gasteiger partial charge is 0.328 e. The zero-order chi connectivity index (χ0) is 13.1. The summed E-state index contributed by atoms with van der Waals surface area (Å²) in [7, 11) is 1.60. The van der Waals surface area contributed by atoms with Crippen LogP contribution in [-0.4, -0.2) is 16.2 Å². The second-order valence-electron chi connectivity index (χ2n) is 4.11. The molecule has 0 unspecified atom stereocenters. The number of benzene rings is 1. The first-order chi connectivity index (χ1) is 8.63. The molecule has 2 aromatic rings. The average Bonchev–Trinajstić information content (AvgIpc) is 2.70. The van der Waals surface area contributed by atoms with E-state index in [2.05, 4.69) is 0 Å². The normalized spacial score (nSPS) is 10.6. The summed E-state index contributed by atoms with van der Waals surface area (Å²) in [4.78, 5) is 11.9. The van der Waals surface area contributed by atoms with E-state index < -0.39 is 0 Å². The van der Waals surface area contributed by atoms with Crippen molar-refractivity contribution in [2.75, 3.05) is 12.8 Å². The van der Waals surface area contributed by atoms with Gasteiger partial charge in [0, 0.05) is 30.7 Å². The van der Waals surface area contributed by atoms with E-state index in [1.54, 1.807) is 34.7 Å². The summed E-state index contributed by atoms with van der Waals surface area (Å²) in [6, 6.07) is 5.48. The molecule has 0 bridgehead atoms. The molecule has 5 nitrogen and oxygen atoms in total. The van der Waals surface area contributed by atoms with Gasteiger partial charge in [0.15, 0.2) is 0 Å². The van der Waals surface area contributed by atoms with Gasteiger partial charge in [0.25, 0.3) is 0 Å². The fourth-order valence-corrected chi connectivity index (χ4v) is 1.91. The van der Waals surface area contributed by atoms with Crippen LogP contribution in [0.4, 0.5) is 5.69 Å². The molecule has 1 heterocycles. The van der Waals surface area contributed by atoms with Crippen LogP contribution in [0.2, 0.25) is 0 Å². The first-order valence-corrected chi connectivity index (χ1v) is 5.83. The summed E-state index contributed by atoms with van der Waals surface area (Å²) in [5.74, 6) is 0.702. The van der Waals surface area contributed by atoms with Crippen LogP contribution in [0.1, 0.15) is 12.5 Å². The van der Waals surface area contributed by atoms with Crippen molar-refractivity contribution >= 4 is 5.69 Å². The van der Waals surface area contributed by atoms with E-state index in [1.807, 2.05) is 19.1 Å². The Labute approximate surface area is 105 Å². The zero-order valence-electron chi connectivity index (χ0n) is 10.6. The Morgan fingerprint density at radius 1 is 1.22 bits per heavy atom. The molecular weight excluding hydrogens is 230 g/mol. The quantitative estimate of drug-likeness (QED) is 0.828. The number of nitrogens with two attached hydrogens (primary N) is 1. The van der Waals surface area contributed by atoms with Crippen molar-refractivity contribution < 1.29 is 4.74 Å². The van der Waals surface area contributed by atoms with E-state index in [0.29, 0.717) is 24.5 Å². The Hall–Kier alpha value is -2.17. The van der Waals surface area contributed by atoms with Crippen LogP contribution < -0.4 is 16.2 Å². The van der Waals surface area contributed by atoms with Crippen molar-refractivity contribution in [2.45, 2.75) is 20.0 Å². The fourth-order valence-electron chi connectivity index (χ4n) is 1.91. The van der Waals surface area contributed by atoms with Crippen molar-refractivity contribution in [3.05, 3.63) is 46.6 Å². The second-order valence-corrected chi connectivity index (χ2v) is 4.11. The number of hydrogen-bond acceptors (Lipinski definition) is 3. The van der Waals surface area contributed by atoms with Gasteiger partial charge in [-0.3, -0.25) is 9.13 Å². The highest BCUT2D eigenvalue weighted by atomic mass is 16.5. The van der Waals surface area contributed by atoms with Gasteiger partial charge in [0.1, 0.15) is 5.75 Å². The summed E-state index contributed by atoms with van der Waals surface area (Å²) in [5, 5.41) is 0. The first kappa shape index (κ1) is 12.3.